The van der Waals surface area contributed by atoms with Gasteiger partial charge in [-0.1, -0.05) is 23.2 Å². The summed E-state index contributed by atoms with van der Waals surface area (Å²) >= 11 is 11.3. The predicted octanol–water partition coefficient (Wildman–Crippen LogP) is 2.57. The molecule has 3 rings (SSSR count). The number of benzene rings is 1. The Kier molecular flexibility index (Phi) is 7.57. The van der Waals surface area contributed by atoms with Gasteiger partial charge in [-0.25, -0.2) is 13.8 Å². The third kappa shape index (κ3) is 6.34. The first-order valence-corrected chi connectivity index (χ1v) is 10.8. The highest BCUT2D eigenvalue weighted by Crippen LogP contribution is 2.36. The van der Waals surface area contributed by atoms with Gasteiger partial charge in [-0.3, -0.25) is 4.55 Å². The molecule has 2 heterocycles. The Morgan fingerprint density at radius 1 is 1.14 bits per heavy atom. The van der Waals surface area contributed by atoms with Crippen molar-refractivity contribution in [2.24, 2.45) is 0 Å². The average Bonchev–Trinajstić information content (AvgIpc) is 2.62. The van der Waals surface area contributed by atoms with E-state index in [1.165, 1.54) is 6.20 Å². The van der Waals surface area contributed by atoms with Gasteiger partial charge in [0.25, 0.3) is 10.1 Å². The number of hydrogen-bond acceptors (Lipinski definition) is 7. The second-order valence-corrected chi connectivity index (χ2v) is 8.56. The van der Waals surface area contributed by atoms with Crippen LogP contribution in [0.25, 0.3) is 11.1 Å². The molecule has 1 aliphatic heterocycles. The van der Waals surface area contributed by atoms with Gasteiger partial charge >= 0.3 is 0 Å². The number of piperazine rings is 1. The molecule has 0 aliphatic carbocycles. The van der Waals surface area contributed by atoms with E-state index in [2.05, 4.69) is 14.9 Å². The molecule has 13 heteroatoms. The summed E-state index contributed by atoms with van der Waals surface area (Å²) in [5, 5.41) is -0.958. The molecule has 1 fully saturated rings. The normalized spacial score (nSPS) is 15.1. The van der Waals surface area contributed by atoms with Crippen LogP contribution in [0, 0.1) is 11.6 Å². The molecule has 2 aromatic rings. The molecule has 0 atom stereocenters. The molecule has 0 spiro atoms. The van der Waals surface area contributed by atoms with E-state index in [0.717, 1.165) is 32.2 Å². The van der Waals surface area contributed by atoms with Crippen LogP contribution in [-0.4, -0.2) is 67.3 Å². The molecule has 0 amide bonds. The SMILES string of the molecule is CN1CCN(c2ncc(-c3cc(F)c(Cl)c(Cl)c3F)c(N)n2)CC1.CS(=O)(=O)O. The third-order valence-electron chi connectivity index (χ3n) is 3.98. The minimum Gasteiger partial charge on any atom is -0.383 e. The van der Waals surface area contributed by atoms with Crippen molar-refractivity contribution < 1.29 is 21.8 Å². The second-order valence-electron chi connectivity index (χ2n) is 6.34. The summed E-state index contributed by atoms with van der Waals surface area (Å²) in [5.41, 5.74) is 5.99. The molecule has 160 valence electrons. The minimum absolute atomic E-state index is 0.0515. The van der Waals surface area contributed by atoms with E-state index >= 15 is 0 Å². The molecule has 29 heavy (non-hydrogen) atoms. The number of rotatable bonds is 2. The first-order valence-electron chi connectivity index (χ1n) is 8.20. The molecular weight excluding hydrogens is 451 g/mol. The fourth-order valence-corrected chi connectivity index (χ4v) is 2.85. The Labute approximate surface area is 177 Å². The Morgan fingerprint density at radius 2 is 1.69 bits per heavy atom. The Hall–Kier alpha value is -1.79. The second kappa shape index (κ2) is 9.35. The van der Waals surface area contributed by atoms with Gasteiger partial charge in [0, 0.05) is 43.5 Å². The third-order valence-corrected chi connectivity index (χ3v) is 4.81. The van der Waals surface area contributed by atoms with Crippen LogP contribution in [0.1, 0.15) is 0 Å². The smallest absolute Gasteiger partial charge is 0.261 e. The zero-order valence-corrected chi connectivity index (χ0v) is 17.9. The number of likely N-dealkylation sites (N-methyl/N-ethyl adjacent to an activating group) is 1. The van der Waals surface area contributed by atoms with Gasteiger partial charge in [-0.05, 0) is 13.1 Å². The first kappa shape index (κ1) is 23.5. The van der Waals surface area contributed by atoms with Gasteiger partial charge in [-0.15, -0.1) is 0 Å². The van der Waals surface area contributed by atoms with Crippen LogP contribution >= 0.6 is 23.2 Å². The van der Waals surface area contributed by atoms with E-state index in [4.69, 9.17) is 33.5 Å². The van der Waals surface area contributed by atoms with Gasteiger partial charge in [-0.2, -0.15) is 13.4 Å². The van der Waals surface area contributed by atoms with Crippen LogP contribution in [0.3, 0.4) is 0 Å². The van der Waals surface area contributed by atoms with Crippen LogP contribution < -0.4 is 10.6 Å². The van der Waals surface area contributed by atoms with Crippen molar-refractivity contribution >= 4 is 45.1 Å². The minimum atomic E-state index is -3.67. The van der Waals surface area contributed by atoms with E-state index < -0.39 is 31.8 Å². The quantitative estimate of drug-likeness (QED) is 0.391. The summed E-state index contributed by atoms with van der Waals surface area (Å²) in [4.78, 5) is 12.7. The average molecular weight is 470 g/mol. The number of nitrogens with zero attached hydrogens (tertiary/aromatic N) is 4. The Morgan fingerprint density at radius 3 is 2.21 bits per heavy atom. The number of halogens is 4. The zero-order valence-electron chi connectivity index (χ0n) is 15.5. The van der Waals surface area contributed by atoms with Crippen molar-refractivity contribution in [2.45, 2.75) is 0 Å². The summed E-state index contributed by atoms with van der Waals surface area (Å²) in [5.74, 6) is -1.17. The molecule has 1 aromatic heterocycles. The highest BCUT2D eigenvalue weighted by molar-refractivity contribution is 7.85. The number of hydrogen-bond donors (Lipinski definition) is 2. The van der Waals surface area contributed by atoms with Crippen molar-refractivity contribution in [3.05, 3.63) is 33.9 Å². The maximum Gasteiger partial charge on any atom is 0.261 e. The maximum absolute atomic E-state index is 14.3. The first-order chi connectivity index (χ1) is 13.4. The highest BCUT2D eigenvalue weighted by Gasteiger charge is 2.21. The van der Waals surface area contributed by atoms with Crippen LogP contribution in [-0.2, 0) is 10.1 Å². The van der Waals surface area contributed by atoms with E-state index in [9.17, 15) is 17.2 Å². The van der Waals surface area contributed by atoms with E-state index in [0.29, 0.717) is 12.2 Å². The van der Waals surface area contributed by atoms with Crippen molar-refractivity contribution in [1.82, 2.24) is 14.9 Å². The molecule has 1 aliphatic rings. The lowest BCUT2D eigenvalue weighted by molar-refractivity contribution is 0.311. The van der Waals surface area contributed by atoms with Crippen molar-refractivity contribution in [3.8, 4) is 11.1 Å². The Balaban J connectivity index is 0.000000537. The van der Waals surface area contributed by atoms with Crippen LogP contribution in [0.2, 0.25) is 10.0 Å². The van der Waals surface area contributed by atoms with Crippen LogP contribution in [0.5, 0.6) is 0 Å². The number of nitrogen functional groups attached to an aromatic ring is 1. The monoisotopic (exact) mass is 469 g/mol. The lowest BCUT2D eigenvalue weighted by Gasteiger charge is -2.32. The van der Waals surface area contributed by atoms with E-state index in [1.807, 2.05) is 11.9 Å². The molecule has 1 aromatic carbocycles. The van der Waals surface area contributed by atoms with Gasteiger partial charge < -0.3 is 15.5 Å². The van der Waals surface area contributed by atoms with Gasteiger partial charge in [0.2, 0.25) is 5.95 Å². The summed E-state index contributed by atoms with van der Waals surface area (Å²) in [6.07, 6.45) is 2.09. The molecule has 0 radical (unpaired) electrons. The largest absolute Gasteiger partial charge is 0.383 e. The van der Waals surface area contributed by atoms with Crippen molar-refractivity contribution in [3.63, 3.8) is 0 Å². The predicted molar refractivity (Wildman–Crippen MR) is 109 cm³/mol. The van der Waals surface area contributed by atoms with E-state index in [-0.39, 0.29) is 16.9 Å². The molecule has 0 unspecified atom stereocenters. The van der Waals surface area contributed by atoms with Crippen LogP contribution in [0.4, 0.5) is 20.5 Å². The van der Waals surface area contributed by atoms with Crippen molar-refractivity contribution in [1.29, 1.82) is 0 Å². The lowest BCUT2D eigenvalue weighted by atomic mass is 10.1. The lowest BCUT2D eigenvalue weighted by Crippen LogP contribution is -2.45. The van der Waals surface area contributed by atoms with Gasteiger partial charge in [0.1, 0.15) is 11.6 Å². The van der Waals surface area contributed by atoms with Crippen molar-refractivity contribution in [2.75, 3.05) is 50.1 Å². The maximum atomic E-state index is 14.3. The summed E-state index contributed by atoms with van der Waals surface area (Å²) in [6, 6.07) is 0.939. The fraction of sp³-hybridized carbons (Fsp3) is 0.375. The standard InChI is InChI=1S/C15H15Cl2F2N5.CH4O3S/c1-23-2-4-24(5-3-23)15-21-7-9(14(20)22-15)8-6-10(18)11(16)12(17)13(8)19;1-5(2,3)4/h6-7H,2-5H2,1H3,(H2,20,21,22);1H3,(H,2,3,4). The van der Waals surface area contributed by atoms with E-state index in [1.54, 1.807) is 0 Å². The number of nitrogens with two attached hydrogens (primary N) is 1. The number of aromatic nitrogens is 2. The topological polar surface area (TPSA) is 113 Å². The summed E-state index contributed by atoms with van der Waals surface area (Å²) in [7, 11) is -1.63. The molecule has 1 saturated heterocycles. The van der Waals surface area contributed by atoms with Gasteiger partial charge in [0.05, 0.1) is 16.3 Å². The fourth-order valence-electron chi connectivity index (χ4n) is 2.52. The van der Waals surface area contributed by atoms with Gasteiger partial charge in [0.15, 0.2) is 5.82 Å². The molecule has 3 N–H and O–H groups in total. The molecule has 0 saturated carbocycles. The summed E-state index contributed by atoms with van der Waals surface area (Å²) < 4.78 is 53.9. The summed E-state index contributed by atoms with van der Waals surface area (Å²) in [6.45, 7) is 3.31. The molecule has 8 nitrogen and oxygen atoms in total. The molecule has 0 bridgehead atoms. The molecular formula is C16H19Cl2F2N5O3S. The zero-order chi connectivity index (χ0) is 21.9. The highest BCUT2D eigenvalue weighted by atomic mass is 35.5. The van der Waals surface area contributed by atoms with Crippen LogP contribution in [0.15, 0.2) is 12.3 Å². The Bertz CT molecular complexity index is 995. The number of anilines is 2.